The van der Waals surface area contributed by atoms with Crippen LogP contribution in [0.4, 0.5) is 0 Å². The van der Waals surface area contributed by atoms with Gasteiger partial charge in [-0.2, -0.15) is 0 Å². The summed E-state index contributed by atoms with van der Waals surface area (Å²) in [5.74, 6) is 1.14. The summed E-state index contributed by atoms with van der Waals surface area (Å²) in [4.78, 5) is 14.4. The average Bonchev–Trinajstić information content (AvgIpc) is 3.01. The van der Waals surface area contributed by atoms with E-state index in [-0.39, 0.29) is 23.7 Å². The Bertz CT molecular complexity index is 613. The SMILES string of the molecule is Cc1cc(C(=O)N(C(C)CS(C)(=O)=O)C2CC2)c(C)o1. The molecule has 1 saturated carbocycles. The van der Waals surface area contributed by atoms with Crippen LogP contribution in [0.25, 0.3) is 0 Å². The molecular weight excluding hydrogens is 278 g/mol. The summed E-state index contributed by atoms with van der Waals surface area (Å²) in [5.41, 5.74) is 0.537. The van der Waals surface area contributed by atoms with Gasteiger partial charge >= 0.3 is 0 Å². The third-order valence-electron chi connectivity index (χ3n) is 3.46. The van der Waals surface area contributed by atoms with E-state index in [0.29, 0.717) is 17.1 Å². The van der Waals surface area contributed by atoms with Crippen molar-refractivity contribution in [2.75, 3.05) is 12.0 Å². The maximum Gasteiger partial charge on any atom is 0.257 e. The standard InChI is InChI=1S/C14H21NO4S/c1-9(8-20(4,17)18)15(12-5-6-12)14(16)13-7-10(2)19-11(13)3/h7,9,12H,5-6,8H2,1-4H3. The Morgan fingerprint density at radius 2 is 2.05 bits per heavy atom. The first-order valence-electron chi connectivity index (χ1n) is 6.76. The molecule has 0 radical (unpaired) electrons. The highest BCUT2D eigenvalue weighted by Gasteiger charge is 2.38. The zero-order valence-electron chi connectivity index (χ0n) is 12.3. The summed E-state index contributed by atoms with van der Waals surface area (Å²) in [6.07, 6.45) is 3.08. The lowest BCUT2D eigenvalue weighted by Gasteiger charge is -2.28. The summed E-state index contributed by atoms with van der Waals surface area (Å²) in [6, 6.07) is 1.56. The fourth-order valence-corrected chi connectivity index (χ4v) is 3.62. The molecule has 1 aliphatic carbocycles. The Morgan fingerprint density at radius 3 is 2.45 bits per heavy atom. The lowest BCUT2D eigenvalue weighted by Crippen LogP contribution is -2.43. The molecule has 1 heterocycles. The zero-order chi connectivity index (χ0) is 15.1. The van der Waals surface area contributed by atoms with Crippen LogP contribution in [0.15, 0.2) is 10.5 Å². The van der Waals surface area contributed by atoms with E-state index in [1.54, 1.807) is 31.7 Å². The van der Waals surface area contributed by atoms with Gasteiger partial charge in [-0.3, -0.25) is 4.79 Å². The highest BCUT2D eigenvalue weighted by molar-refractivity contribution is 7.90. The molecule has 1 atom stereocenters. The number of furan rings is 1. The van der Waals surface area contributed by atoms with E-state index in [1.807, 2.05) is 0 Å². The van der Waals surface area contributed by atoms with E-state index in [4.69, 9.17) is 4.42 Å². The van der Waals surface area contributed by atoms with Crippen LogP contribution in [0.2, 0.25) is 0 Å². The molecule has 20 heavy (non-hydrogen) atoms. The van der Waals surface area contributed by atoms with E-state index in [9.17, 15) is 13.2 Å². The minimum Gasteiger partial charge on any atom is -0.466 e. The van der Waals surface area contributed by atoms with Gasteiger partial charge in [-0.1, -0.05) is 0 Å². The molecule has 6 heteroatoms. The molecule has 1 fully saturated rings. The first-order valence-corrected chi connectivity index (χ1v) is 8.82. The van der Waals surface area contributed by atoms with Gasteiger partial charge in [-0.25, -0.2) is 8.42 Å². The fraction of sp³-hybridized carbons (Fsp3) is 0.643. The first kappa shape index (κ1) is 15.1. The van der Waals surface area contributed by atoms with Gasteiger partial charge in [-0.15, -0.1) is 0 Å². The molecule has 1 aromatic heterocycles. The number of rotatable bonds is 5. The van der Waals surface area contributed by atoms with E-state index < -0.39 is 9.84 Å². The smallest absolute Gasteiger partial charge is 0.257 e. The molecular formula is C14H21NO4S. The number of hydrogen-bond donors (Lipinski definition) is 0. The van der Waals surface area contributed by atoms with Gasteiger partial charge in [0.15, 0.2) is 0 Å². The minimum atomic E-state index is -3.11. The van der Waals surface area contributed by atoms with Crippen molar-refractivity contribution in [1.82, 2.24) is 4.90 Å². The Morgan fingerprint density at radius 1 is 1.45 bits per heavy atom. The molecule has 0 aliphatic heterocycles. The second-order valence-electron chi connectivity index (χ2n) is 5.71. The van der Waals surface area contributed by atoms with E-state index >= 15 is 0 Å². The quantitative estimate of drug-likeness (QED) is 0.833. The summed E-state index contributed by atoms with van der Waals surface area (Å²) >= 11 is 0. The highest BCUT2D eigenvalue weighted by Crippen LogP contribution is 2.31. The minimum absolute atomic E-state index is 0.00881. The van der Waals surface area contributed by atoms with Crippen molar-refractivity contribution >= 4 is 15.7 Å². The second-order valence-corrected chi connectivity index (χ2v) is 7.90. The number of carbonyl (C=O) groups excluding carboxylic acids is 1. The van der Waals surface area contributed by atoms with Gasteiger partial charge in [-0.05, 0) is 39.7 Å². The van der Waals surface area contributed by atoms with Crippen molar-refractivity contribution in [3.8, 4) is 0 Å². The topological polar surface area (TPSA) is 67.6 Å². The number of carbonyl (C=O) groups is 1. The Kier molecular flexibility index (Phi) is 3.95. The number of sulfone groups is 1. The zero-order valence-corrected chi connectivity index (χ0v) is 13.2. The monoisotopic (exact) mass is 299 g/mol. The van der Waals surface area contributed by atoms with Crippen molar-refractivity contribution in [3.63, 3.8) is 0 Å². The van der Waals surface area contributed by atoms with Crippen LogP contribution in [0, 0.1) is 13.8 Å². The first-order chi connectivity index (χ1) is 9.19. The molecule has 0 N–H and O–H groups in total. The molecule has 5 nitrogen and oxygen atoms in total. The predicted octanol–water partition coefficient (Wildman–Crippen LogP) is 1.93. The fourth-order valence-electron chi connectivity index (χ4n) is 2.58. The van der Waals surface area contributed by atoms with E-state index in [0.717, 1.165) is 12.8 Å². The van der Waals surface area contributed by atoms with Crippen LogP contribution in [0.1, 0.15) is 41.6 Å². The molecule has 1 amide bonds. The van der Waals surface area contributed by atoms with Crippen LogP contribution in [0.3, 0.4) is 0 Å². The Hall–Kier alpha value is -1.30. The van der Waals surface area contributed by atoms with Gasteiger partial charge in [0, 0.05) is 18.3 Å². The van der Waals surface area contributed by atoms with Crippen molar-refractivity contribution in [1.29, 1.82) is 0 Å². The lowest BCUT2D eigenvalue weighted by molar-refractivity contribution is 0.0691. The number of amides is 1. The second kappa shape index (κ2) is 5.24. The van der Waals surface area contributed by atoms with E-state index in [2.05, 4.69) is 0 Å². The van der Waals surface area contributed by atoms with Crippen LogP contribution in [-0.2, 0) is 9.84 Å². The summed E-state index contributed by atoms with van der Waals surface area (Å²) in [7, 11) is -3.11. The summed E-state index contributed by atoms with van der Waals surface area (Å²) in [5, 5.41) is 0. The van der Waals surface area contributed by atoms with Gasteiger partial charge in [0.25, 0.3) is 5.91 Å². The molecule has 1 aliphatic rings. The predicted molar refractivity (Wildman–Crippen MR) is 76.5 cm³/mol. The molecule has 1 aromatic rings. The molecule has 112 valence electrons. The molecule has 2 rings (SSSR count). The molecule has 1 unspecified atom stereocenters. The van der Waals surface area contributed by atoms with Crippen LogP contribution < -0.4 is 0 Å². The van der Waals surface area contributed by atoms with E-state index in [1.165, 1.54) is 6.26 Å². The molecule has 0 saturated heterocycles. The van der Waals surface area contributed by atoms with Gasteiger partial charge < -0.3 is 9.32 Å². The number of nitrogens with zero attached hydrogens (tertiary/aromatic N) is 1. The Labute approximate surface area is 119 Å². The van der Waals surface area contributed by atoms with Gasteiger partial charge in [0.05, 0.1) is 11.3 Å². The van der Waals surface area contributed by atoms with Gasteiger partial charge in [0.2, 0.25) is 0 Å². The van der Waals surface area contributed by atoms with Crippen molar-refractivity contribution in [2.24, 2.45) is 0 Å². The summed E-state index contributed by atoms with van der Waals surface area (Å²) in [6.45, 7) is 5.34. The highest BCUT2D eigenvalue weighted by atomic mass is 32.2. The normalized spacial score (nSPS) is 17.0. The Balaban J connectivity index is 2.25. The number of aryl methyl sites for hydroxylation is 2. The third kappa shape index (κ3) is 3.42. The van der Waals surface area contributed by atoms with Crippen molar-refractivity contribution in [3.05, 3.63) is 23.2 Å². The molecule has 0 aromatic carbocycles. The van der Waals surface area contributed by atoms with Crippen molar-refractivity contribution < 1.29 is 17.6 Å². The van der Waals surface area contributed by atoms with Crippen molar-refractivity contribution in [2.45, 2.75) is 45.7 Å². The van der Waals surface area contributed by atoms with Crippen LogP contribution >= 0.6 is 0 Å². The average molecular weight is 299 g/mol. The van der Waals surface area contributed by atoms with Crippen LogP contribution in [-0.4, -0.2) is 43.3 Å². The third-order valence-corrected chi connectivity index (χ3v) is 4.55. The maximum atomic E-state index is 12.7. The lowest BCUT2D eigenvalue weighted by atomic mass is 10.2. The van der Waals surface area contributed by atoms with Crippen LogP contribution in [0.5, 0.6) is 0 Å². The number of hydrogen-bond acceptors (Lipinski definition) is 4. The molecule has 0 spiro atoms. The summed E-state index contributed by atoms with van der Waals surface area (Å²) < 4.78 is 28.3. The van der Waals surface area contributed by atoms with Gasteiger partial charge in [0.1, 0.15) is 21.4 Å². The molecule has 0 bridgehead atoms. The maximum absolute atomic E-state index is 12.7. The largest absolute Gasteiger partial charge is 0.466 e.